The first-order chi connectivity index (χ1) is 7.72. The molecule has 2 rings (SSSR count). The van der Waals surface area contributed by atoms with E-state index in [4.69, 9.17) is 10.9 Å². The van der Waals surface area contributed by atoms with Gasteiger partial charge in [0, 0.05) is 24.2 Å². The third kappa shape index (κ3) is 1.72. The predicted molar refractivity (Wildman–Crippen MR) is 58.6 cm³/mol. The van der Waals surface area contributed by atoms with Gasteiger partial charge < -0.3 is 10.9 Å². The van der Waals surface area contributed by atoms with Crippen LogP contribution in [0.5, 0.6) is 0 Å². The summed E-state index contributed by atoms with van der Waals surface area (Å²) < 4.78 is 1.84. The van der Waals surface area contributed by atoms with Crippen LogP contribution < -0.4 is 5.73 Å². The van der Waals surface area contributed by atoms with Crippen LogP contribution in [0.3, 0.4) is 0 Å². The lowest BCUT2D eigenvalue weighted by molar-refractivity contribution is 0.318. The summed E-state index contributed by atoms with van der Waals surface area (Å²) >= 11 is 0. The van der Waals surface area contributed by atoms with Gasteiger partial charge in [-0.15, -0.1) is 0 Å². The molecule has 0 atom stereocenters. The van der Waals surface area contributed by atoms with E-state index in [0.29, 0.717) is 5.56 Å². The van der Waals surface area contributed by atoms with Crippen molar-refractivity contribution in [2.45, 2.75) is 6.92 Å². The lowest BCUT2D eigenvalue weighted by atomic mass is 10.2. The normalized spacial score (nSPS) is 11.7. The van der Waals surface area contributed by atoms with Crippen molar-refractivity contribution >= 4 is 5.84 Å². The fourth-order valence-electron chi connectivity index (χ4n) is 1.36. The van der Waals surface area contributed by atoms with Crippen LogP contribution in [0.4, 0.5) is 0 Å². The van der Waals surface area contributed by atoms with Crippen molar-refractivity contribution in [2.75, 3.05) is 0 Å². The first-order valence-electron chi connectivity index (χ1n) is 4.66. The van der Waals surface area contributed by atoms with Gasteiger partial charge in [-0.3, -0.25) is 4.57 Å². The minimum absolute atomic E-state index is 0.0430. The summed E-state index contributed by atoms with van der Waals surface area (Å²) in [5.74, 6) is 1.63. The Kier molecular flexibility index (Phi) is 2.55. The maximum absolute atomic E-state index is 8.51. The molecule has 3 N–H and O–H groups in total. The molecule has 0 aromatic carbocycles. The van der Waals surface area contributed by atoms with E-state index < -0.39 is 0 Å². The molecule has 0 spiro atoms. The van der Waals surface area contributed by atoms with Crippen molar-refractivity contribution in [3.8, 4) is 5.82 Å². The van der Waals surface area contributed by atoms with Crippen LogP contribution >= 0.6 is 0 Å². The van der Waals surface area contributed by atoms with Crippen LogP contribution in [0.15, 0.2) is 35.9 Å². The van der Waals surface area contributed by atoms with Crippen LogP contribution in [-0.4, -0.2) is 25.6 Å². The summed E-state index contributed by atoms with van der Waals surface area (Å²) in [7, 11) is 0. The van der Waals surface area contributed by atoms with E-state index in [2.05, 4.69) is 15.1 Å². The maximum atomic E-state index is 8.51. The second-order valence-corrected chi connectivity index (χ2v) is 3.23. The number of nitrogens with zero attached hydrogens (tertiary/aromatic N) is 4. The number of aryl methyl sites for hydroxylation is 1. The first kappa shape index (κ1) is 10.2. The molecule has 0 unspecified atom stereocenters. The quantitative estimate of drug-likeness (QED) is 0.335. The molecule has 6 heteroatoms. The summed E-state index contributed by atoms with van der Waals surface area (Å²) in [5, 5.41) is 11.4. The third-order valence-corrected chi connectivity index (χ3v) is 2.22. The molecule has 0 saturated heterocycles. The summed E-state index contributed by atoms with van der Waals surface area (Å²) in [6.45, 7) is 1.89. The van der Waals surface area contributed by atoms with Crippen molar-refractivity contribution in [3.05, 3.63) is 42.1 Å². The van der Waals surface area contributed by atoms with Crippen LogP contribution in [0.25, 0.3) is 5.82 Å². The first-order valence-corrected chi connectivity index (χ1v) is 4.66. The molecular weight excluding hydrogens is 206 g/mol. The zero-order valence-corrected chi connectivity index (χ0v) is 8.70. The Balaban J connectivity index is 2.37. The van der Waals surface area contributed by atoms with Gasteiger partial charge in [0.05, 0.1) is 0 Å². The van der Waals surface area contributed by atoms with Crippen LogP contribution in [-0.2, 0) is 0 Å². The SMILES string of the molecule is Cc1nccn1-c1ccc(/C(N)=N/O)cn1. The Morgan fingerprint density at radius 2 is 2.25 bits per heavy atom. The molecule has 0 bridgehead atoms. The zero-order chi connectivity index (χ0) is 11.5. The maximum Gasteiger partial charge on any atom is 0.171 e. The standard InChI is InChI=1S/C10H11N5O/c1-7-12-4-5-15(7)9-3-2-8(6-13-9)10(11)14-16/h2-6,16H,1H3,(H2,11,14). The summed E-state index contributed by atoms with van der Waals surface area (Å²) in [6.07, 6.45) is 5.07. The number of hydrogen-bond acceptors (Lipinski definition) is 4. The minimum Gasteiger partial charge on any atom is -0.409 e. The highest BCUT2D eigenvalue weighted by Gasteiger charge is 2.03. The van der Waals surface area contributed by atoms with E-state index in [1.165, 1.54) is 0 Å². The smallest absolute Gasteiger partial charge is 0.171 e. The van der Waals surface area contributed by atoms with Gasteiger partial charge in [-0.1, -0.05) is 5.16 Å². The predicted octanol–water partition coefficient (Wildman–Crippen LogP) is 0.670. The molecular formula is C10H11N5O. The zero-order valence-electron chi connectivity index (χ0n) is 8.70. The molecule has 0 aliphatic carbocycles. The van der Waals surface area contributed by atoms with Gasteiger partial charge >= 0.3 is 0 Å². The molecule has 0 fully saturated rings. The van der Waals surface area contributed by atoms with Crippen molar-refractivity contribution in [2.24, 2.45) is 10.9 Å². The number of amidine groups is 1. The molecule has 0 saturated carbocycles. The lowest BCUT2D eigenvalue weighted by Gasteiger charge is -2.04. The van der Waals surface area contributed by atoms with E-state index in [1.54, 1.807) is 24.5 Å². The van der Waals surface area contributed by atoms with Gasteiger partial charge in [0.2, 0.25) is 0 Å². The molecule has 2 aromatic heterocycles. The molecule has 0 amide bonds. The van der Waals surface area contributed by atoms with E-state index in [-0.39, 0.29) is 5.84 Å². The number of pyridine rings is 1. The average Bonchev–Trinajstić information content (AvgIpc) is 2.75. The fraction of sp³-hybridized carbons (Fsp3) is 0.100. The van der Waals surface area contributed by atoms with Gasteiger partial charge in [-0.25, -0.2) is 9.97 Å². The number of rotatable bonds is 2. The highest BCUT2D eigenvalue weighted by atomic mass is 16.4. The Morgan fingerprint density at radius 3 is 2.75 bits per heavy atom. The van der Waals surface area contributed by atoms with Crippen molar-refractivity contribution < 1.29 is 5.21 Å². The van der Waals surface area contributed by atoms with Gasteiger partial charge in [0.1, 0.15) is 11.6 Å². The molecule has 2 heterocycles. The van der Waals surface area contributed by atoms with Crippen molar-refractivity contribution in [3.63, 3.8) is 0 Å². The largest absolute Gasteiger partial charge is 0.409 e. The van der Waals surface area contributed by atoms with Gasteiger partial charge in [-0.2, -0.15) is 0 Å². The molecule has 2 aromatic rings. The molecule has 0 aliphatic rings. The third-order valence-electron chi connectivity index (χ3n) is 2.22. The minimum atomic E-state index is 0.0430. The number of hydrogen-bond donors (Lipinski definition) is 2. The summed E-state index contributed by atoms with van der Waals surface area (Å²) in [5.41, 5.74) is 6.01. The van der Waals surface area contributed by atoms with E-state index in [9.17, 15) is 0 Å². The fourth-order valence-corrected chi connectivity index (χ4v) is 1.36. The number of aromatic nitrogens is 3. The topological polar surface area (TPSA) is 89.3 Å². The molecule has 6 nitrogen and oxygen atoms in total. The summed E-state index contributed by atoms with van der Waals surface area (Å²) in [4.78, 5) is 8.30. The van der Waals surface area contributed by atoms with Gasteiger partial charge in [0.25, 0.3) is 0 Å². The average molecular weight is 217 g/mol. The second-order valence-electron chi connectivity index (χ2n) is 3.23. The number of imidazole rings is 1. The van der Waals surface area contributed by atoms with Gasteiger partial charge in [-0.05, 0) is 19.1 Å². The van der Waals surface area contributed by atoms with E-state index in [1.807, 2.05) is 17.7 Å². The summed E-state index contributed by atoms with van der Waals surface area (Å²) in [6, 6.07) is 3.51. The van der Waals surface area contributed by atoms with Gasteiger partial charge in [0.15, 0.2) is 5.84 Å². The molecule has 16 heavy (non-hydrogen) atoms. The van der Waals surface area contributed by atoms with Crippen molar-refractivity contribution in [1.29, 1.82) is 0 Å². The Morgan fingerprint density at radius 1 is 1.44 bits per heavy atom. The van der Waals surface area contributed by atoms with E-state index in [0.717, 1.165) is 11.6 Å². The number of oxime groups is 1. The van der Waals surface area contributed by atoms with Crippen LogP contribution in [0.2, 0.25) is 0 Å². The highest BCUT2D eigenvalue weighted by molar-refractivity contribution is 5.96. The molecule has 0 radical (unpaired) electrons. The van der Waals surface area contributed by atoms with E-state index >= 15 is 0 Å². The highest BCUT2D eigenvalue weighted by Crippen LogP contribution is 2.07. The monoisotopic (exact) mass is 217 g/mol. The lowest BCUT2D eigenvalue weighted by Crippen LogP contribution is -2.13. The second kappa shape index (κ2) is 4.01. The molecule has 82 valence electrons. The van der Waals surface area contributed by atoms with Crippen LogP contribution in [0.1, 0.15) is 11.4 Å². The van der Waals surface area contributed by atoms with Crippen molar-refractivity contribution in [1.82, 2.24) is 14.5 Å². The Hall–Kier alpha value is -2.37. The Labute approximate surface area is 92.1 Å². The molecule has 0 aliphatic heterocycles. The number of nitrogens with two attached hydrogens (primary N) is 1. The Bertz CT molecular complexity index is 514. The van der Waals surface area contributed by atoms with Crippen LogP contribution in [0, 0.1) is 6.92 Å².